The number of ether oxygens (including phenoxy) is 1. The standard InChI is InChI=1S/C19H23N3O/c1-2-7-21-18(3-1)12-22-8-6-19-16(11-22)9-20-10-17(19)14-23-13-15-4-5-15/h1-3,7,9-10,15H,4-6,8,11-14H2. The van der Waals surface area contributed by atoms with Crippen molar-refractivity contribution in [3.8, 4) is 0 Å². The smallest absolute Gasteiger partial charge is 0.0734 e. The van der Waals surface area contributed by atoms with E-state index in [4.69, 9.17) is 4.74 Å². The van der Waals surface area contributed by atoms with E-state index in [2.05, 4.69) is 27.0 Å². The maximum atomic E-state index is 5.87. The van der Waals surface area contributed by atoms with Crippen molar-refractivity contribution >= 4 is 0 Å². The highest BCUT2D eigenvalue weighted by Crippen LogP contribution is 2.29. The first kappa shape index (κ1) is 14.8. The second kappa shape index (κ2) is 6.77. The predicted octanol–water partition coefficient (Wildman–Crippen LogP) is 2.96. The highest BCUT2D eigenvalue weighted by molar-refractivity contribution is 5.33. The average Bonchev–Trinajstić information content (AvgIpc) is 3.40. The molecule has 0 unspecified atom stereocenters. The minimum Gasteiger partial charge on any atom is -0.376 e. The molecular weight excluding hydrogens is 286 g/mol. The number of hydrogen-bond donors (Lipinski definition) is 0. The molecular formula is C19H23N3O. The van der Waals surface area contributed by atoms with E-state index in [1.807, 2.05) is 24.7 Å². The van der Waals surface area contributed by atoms with Crippen molar-refractivity contribution in [3.63, 3.8) is 0 Å². The third-order valence-electron chi connectivity index (χ3n) is 4.73. The maximum Gasteiger partial charge on any atom is 0.0734 e. The molecule has 0 saturated heterocycles. The molecule has 23 heavy (non-hydrogen) atoms. The van der Waals surface area contributed by atoms with Gasteiger partial charge in [0.2, 0.25) is 0 Å². The van der Waals surface area contributed by atoms with Crippen molar-refractivity contribution in [2.24, 2.45) is 5.92 Å². The van der Waals surface area contributed by atoms with Gasteiger partial charge < -0.3 is 4.74 Å². The number of fused-ring (bicyclic) bond motifs is 1. The SMILES string of the molecule is c1ccc(CN2CCc3c(COCC4CC4)cncc3C2)nc1. The molecule has 120 valence electrons. The zero-order valence-corrected chi connectivity index (χ0v) is 13.4. The quantitative estimate of drug-likeness (QED) is 0.822. The van der Waals surface area contributed by atoms with Gasteiger partial charge in [-0.25, -0.2) is 0 Å². The van der Waals surface area contributed by atoms with E-state index in [1.54, 1.807) is 0 Å². The van der Waals surface area contributed by atoms with Crippen molar-refractivity contribution in [3.05, 3.63) is 59.2 Å². The predicted molar refractivity (Wildman–Crippen MR) is 88.7 cm³/mol. The van der Waals surface area contributed by atoms with Gasteiger partial charge in [-0.1, -0.05) is 6.07 Å². The second-order valence-corrected chi connectivity index (χ2v) is 6.68. The molecule has 1 fully saturated rings. The van der Waals surface area contributed by atoms with E-state index in [0.29, 0.717) is 6.61 Å². The topological polar surface area (TPSA) is 38.2 Å². The monoisotopic (exact) mass is 309 g/mol. The van der Waals surface area contributed by atoms with E-state index in [9.17, 15) is 0 Å². The van der Waals surface area contributed by atoms with E-state index in [0.717, 1.165) is 44.3 Å². The Hall–Kier alpha value is -1.78. The van der Waals surface area contributed by atoms with Crippen LogP contribution in [0.2, 0.25) is 0 Å². The third kappa shape index (κ3) is 3.77. The fraction of sp³-hybridized carbons (Fsp3) is 0.474. The van der Waals surface area contributed by atoms with Crippen LogP contribution in [0.3, 0.4) is 0 Å². The van der Waals surface area contributed by atoms with Gasteiger partial charge >= 0.3 is 0 Å². The largest absolute Gasteiger partial charge is 0.376 e. The van der Waals surface area contributed by atoms with Crippen molar-refractivity contribution in [2.45, 2.75) is 39.0 Å². The lowest BCUT2D eigenvalue weighted by molar-refractivity contribution is 0.110. The molecule has 2 aromatic rings. The zero-order valence-electron chi connectivity index (χ0n) is 13.4. The molecule has 0 spiro atoms. The summed E-state index contributed by atoms with van der Waals surface area (Å²) in [7, 11) is 0. The Kier molecular flexibility index (Phi) is 4.35. The summed E-state index contributed by atoms with van der Waals surface area (Å²) in [5.41, 5.74) is 5.21. The minimum atomic E-state index is 0.715. The summed E-state index contributed by atoms with van der Waals surface area (Å²) in [4.78, 5) is 11.3. The molecule has 0 aromatic carbocycles. The first-order chi connectivity index (χ1) is 11.4. The molecule has 4 heteroatoms. The van der Waals surface area contributed by atoms with Gasteiger partial charge in [-0.3, -0.25) is 14.9 Å². The lowest BCUT2D eigenvalue weighted by Gasteiger charge is -2.29. The maximum absolute atomic E-state index is 5.87. The van der Waals surface area contributed by atoms with Crippen molar-refractivity contribution in [2.75, 3.05) is 13.2 Å². The highest BCUT2D eigenvalue weighted by Gasteiger charge is 2.22. The van der Waals surface area contributed by atoms with Gasteiger partial charge in [0.25, 0.3) is 0 Å². The molecule has 1 aliphatic carbocycles. The van der Waals surface area contributed by atoms with Crippen molar-refractivity contribution in [1.29, 1.82) is 0 Å². The van der Waals surface area contributed by atoms with E-state index < -0.39 is 0 Å². The van der Waals surface area contributed by atoms with Crippen LogP contribution in [0.1, 0.15) is 35.2 Å². The van der Waals surface area contributed by atoms with Crippen LogP contribution in [0.4, 0.5) is 0 Å². The Morgan fingerprint density at radius 3 is 3.00 bits per heavy atom. The summed E-state index contributed by atoms with van der Waals surface area (Å²) in [5, 5.41) is 0. The molecule has 1 saturated carbocycles. The molecule has 4 rings (SSSR count). The van der Waals surface area contributed by atoms with Gasteiger partial charge in [0.15, 0.2) is 0 Å². The van der Waals surface area contributed by atoms with Crippen LogP contribution in [0.5, 0.6) is 0 Å². The summed E-state index contributed by atoms with van der Waals surface area (Å²) in [6.45, 7) is 4.56. The normalized spacial score (nSPS) is 17.9. The van der Waals surface area contributed by atoms with Crippen LogP contribution >= 0.6 is 0 Å². The minimum absolute atomic E-state index is 0.715. The van der Waals surface area contributed by atoms with Crippen LogP contribution in [0, 0.1) is 5.92 Å². The summed E-state index contributed by atoms with van der Waals surface area (Å²) in [5.74, 6) is 0.816. The number of aromatic nitrogens is 2. The Bertz CT molecular complexity index is 655. The molecule has 0 atom stereocenters. The molecule has 0 radical (unpaired) electrons. The molecule has 4 nitrogen and oxygen atoms in total. The van der Waals surface area contributed by atoms with Crippen LogP contribution < -0.4 is 0 Å². The Labute approximate surface area is 137 Å². The van der Waals surface area contributed by atoms with Crippen LogP contribution in [-0.4, -0.2) is 28.0 Å². The molecule has 0 amide bonds. The van der Waals surface area contributed by atoms with E-state index >= 15 is 0 Å². The van der Waals surface area contributed by atoms with Gasteiger partial charge in [0, 0.05) is 44.8 Å². The molecule has 0 bridgehead atoms. The molecule has 0 N–H and O–H groups in total. The summed E-state index contributed by atoms with van der Waals surface area (Å²) in [6, 6.07) is 6.11. The molecule has 3 heterocycles. The Balaban J connectivity index is 1.40. The van der Waals surface area contributed by atoms with Gasteiger partial charge in [-0.15, -0.1) is 0 Å². The van der Waals surface area contributed by atoms with Gasteiger partial charge in [0.1, 0.15) is 0 Å². The fourth-order valence-corrected chi connectivity index (χ4v) is 3.23. The third-order valence-corrected chi connectivity index (χ3v) is 4.73. The fourth-order valence-electron chi connectivity index (χ4n) is 3.23. The van der Waals surface area contributed by atoms with Crippen LogP contribution in [0.15, 0.2) is 36.8 Å². The first-order valence-electron chi connectivity index (χ1n) is 8.53. The number of rotatable bonds is 6. The van der Waals surface area contributed by atoms with Gasteiger partial charge in [-0.05, 0) is 54.0 Å². The summed E-state index contributed by atoms with van der Waals surface area (Å²) in [6.07, 6.45) is 9.63. The lowest BCUT2D eigenvalue weighted by Crippen LogP contribution is -2.31. The second-order valence-electron chi connectivity index (χ2n) is 6.68. The zero-order chi connectivity index (χ0) is 15.5. The molecule has 2 aliphatic rings. The highest BCUT2D eigenvalue weighted by atomic mass is 16.5. The average molecular weight is 309 g/mol. The van der Waals surface area contributed by atoms with Crippen LogP contribution in [0.25, 0.3) is 0 Å². The summed E-state index contributed by atoms with van der Waals surface area (Å²) < 4.78 is 5.87. The number of pyridine rings is 2. The van der Waals surface area contributed by atoms with Crippen LogP contribution in [-0.2, 0) is 30.9 Å². The number of nitrogens with zero attached hydrogens (tertiary/aromatic N) is 3. The van der Waals surface area contributed by atoms with Crippen molar-refractivity contribution in [1.82, 2.24) is 14.9 Å². The molecule has 2 aromatic heterocycles. The van der Waals surface area contributed by atoms with E-state index in [-0.39, 0.29) is 0 Å². The summed E-state index contributed by atoms with van der Waals surface area (Å²) >= 11 is 0. The van der Waals surface area contributed by atoms with Gasteiger partial charge in [0.05, 0.1) is 12.3 Å². The van der Waals surface area contributed by atoms with E-state index in [1.165, 1.54) is 29.5 Å². The first-order valence-corrected chi connectivity index (χ1v) is 8.53. The van der Waals surface area contributed by atoms with Crippen molar-refractivity contribution < 1.29 is 4.74 Å². The molecule has 1 aliphatic heterocycles. The lowest BCUT2D eigenvalue weighted by atomic mass is 9.97. The van der Waals surface area contributed by atoms with Gasteiger partial charge in [-0.2, -0.15) is 0 Å². The Morgan fingerprint density at radius 2 is 2.17 bits per heavy atom. The Morgan fingerprint density at radius 1 is 1.22 bits per heavy atom. The number of hydrogen-bond acceptors (Lipinski definition) is 4.